The number of rotatable bonds is 8. The maximum absolute atomic E-state index is 12.5. The molecule has 0 radical (unpaired) electrons. The fourth-order valence-corrected chi connectivity index (χ4v) is 3.52. The molecular formula is C23H23ClN2O5. The first-order valence-electron chi connectivity index (χ1n) is 10.0. The molecule has 4 rings (SSSR count). The molecule has 1 atom stereocenters. The molecule has 162 valence electrons. The number of aromatic nitrogens is 1. The highest BCUT2D eigenvalue weighted by Crippen LogP contribution is 2.29. The molecule has 0 spiro atoms. The first-order valence-corrected chi connectivity index (χ1v) is 10.4. The van der Waals surface area contributed by atoms with Crippen molar-refractivity contribution < 1.29 is 23.5 Å². The van der Waals surface area contributed by atoms with Crippen LogP contribution in [0, 0.1) is 0 Å². The number of benzene rings is 2. The monoisotopic (exact) mass is 442 g/mol. The van der Waals surface area contributed by atoms with Crippen LogP contribution in [0.1, 0.15) is 28.9 Å². The molecule has 1 fully saturated rings. The number of nitrogens with one attached hydrogen (secondary N) is 1. The minimum absolute atomic E-state index is 0.128. The van der Waals surface area contributed by atoms with Gasteiger partial charge < -0.3 is 24.1 Å². The van der Waals surface area contributed by atoms with Gasteiger partial charge in [-0.05, 0) is 42.7 Å². The molecule has 0 saturated carbocycles. The minimum Gasteiger partial charge on any atom is -0.493 e. The lowest BCUT2D eigenvalue weighted by atomic mass is 10.1. The molecule has 0 bridgehead atoms. The molecule has 1 aromatic heterocycles. The zero-order chi connectivity index (χ0) is 21.6. The highest BCUT2D eigenvalue weighted by molar-refractivity contribution is 6.30. The summed E-state index contributed by atoms with van der Waals surface area (Å²) < 4.78 is 22.1. The zero-order valence-corrected chi connectivity index (χ0v) is 17.9. The van der Waals surface area contributed by atoms with Crippen LogP contribution in [0.3, 0.4) is 0 Å². The number of amides is 1. The van der Waals surface area contributed by atoms with E-state index in [0.29, 0.717) is 35.4 Å². The van der Waals surface area contributed by atoms with E-state index in [0.717, 1.165) is 30.6 Å². The second kappa shape index (κ2) is 9.85. The predicted octanol–water partition coefficient (Wildman–Crippen LogP) is 4.49. The average molecular weight is 443 g/mol. The van der Waals surface area contributed by atoms with Gasteiger partial charge in [-0.15, -0.1) is 0 Å². The van der Waals surface area contributed by atoms with Crippen LogP contribution in [0.4, 0.5) is 0 Å². The summed E-state index contributed by atoms with van der Waals surface area (Å²) in [5, 5.41) is 7.27. The van der Waals surface area contributed by atoms with Crippen LogP contribution in [0.5, 0.6) is 11.5 Å². The Morgan fingerprint density at radius 2 is 2.13 bits per heavy atom. The van der Waals surface area contributed by atoms with Crippen molar-refractivity contribution in [3.63, 3.8) is 0 Å². The van der Waals surface area contributed by atoms with Gasteiger partial charge in [-0.25, -0.2) is 0 Å². The number of hydrogen-bond donors (Lipinski definition) is 1. The molecule has 2 aromatic carbocycles. The van der Waals surface area contributed by atoms with Gasteiger partial charge in [0.1, 0.15) is 6.61 Å². The third-order valence-corrected chi connectivity index (χ3v) is 5.22. The first kappa shape index (κ1) is 21.2. The lowest BCUT2D eigenvalue weighted by Gasteiger charge is -2.15. The maximum Gasteiger partial charge on any atom is 0.273 e. The topological polar surface area (TPSA) is 82.8 Å². The normalized spacial score (nSPS) is 15.6. The van der Waals surface area contributed by atoms with Crippen molar-refractivity contribution in [2.45, 2.75) is 25.5 Å². The van der Waals surface area contributed by atoms with Crippen LogP contribution in [0.15, 0.2) is 53.1 Å². The maximum atomic E-state index is 12.5. The van der Waals surface area contributed by atoms with Gasteiger partial charge in [0.25, 0.3) is 5.91 Å². The fourth-order valence-electron chi connectivity index (χ4n) is 3.33. The van der Waals surface area contributed by atoms with E-state index in [1.54, 1.807) is 25.3 Å². The standard InChI is InChI=1S/C23H23ClN2O5/c1-28-22-10-15(7-8-20(22)30-14-18-6-3-9-29-18)13-25-23(27)19-12-21(31-26-19)16-4-2-5-17(24)11-16/h2,4-5,7-8,10-12,18H,3,6,9,13-14H2,1H3,(H,25,27). The first-order chi connectivity index (χ1) is 15.1. The Morgan fingerprint density at radius 3 is 2.90 bits per heavy atom. The van der Waals surface area contributed by atoms with Gasteiger partial charge in [0.15, 0.2) is 23.0 Å². The van der Waals surface area contributed by atoms with Gasteiger partial charge in [0.05, 0.1) is 13.2 Å². The minimum atomic E-state index is -0.338. The van der Waals surface area contributed by atoms with Gasteiger partial charge in [0.2, 0.25) is 0 Å². The molecule has 1 aliphatic rings. The van der Waals surface area contributed by atoms with Gasteiger partial charge in [-0.1, -0.05) is 35.0 Å². The van der Waals surface area contributed by atoms with Gasteiger partial charge in [-0.2, -0.15) is 0 Å². The van der Waals surface area contributed by atoms with Crippen molar-refractivity contribution >= 4 is 17.5 Å². The number of hydrogen-bond acceptors (Lipinski definition) is 6. The number of carbonyl (C=O) groups excluding carboxylic acids is 1. The summed E-state index contributed by atoms with van der Waals surface area (Å²) in [6, 6.07) is 14.3. The van der Waals surface area contributed by atoms with Gasteiger partial charge in [-0.3, -0.25) is 4.79 Å². The van der Waals surface area contributed by atoms with Crippen LogP contribution in [-0.4, -0.2) is 37.5 Å². The molecule has 7 nitrogen and oxygen atoms in total. The summed E-state index contributed by atoms with van der Waals surface area (Å²) in [6.07, 6.45) is 2.20. The Balaban J connectivity index is 1.35. The number of ether oxygens (including phenoxy) is 3. The molecule has 3 aromatic rings. The van der Waals surface area contributed by atoms with Gasteiger partial charge in [0, 0.05) is 29.8 Å². The van der Waals surface area contributed by atoms with Crippen LogP contribution in [0.2, 0.25) is 5.02 Å². The van der Waals surface area contributed by atoms with E-state index in [9.17, 15) is 4.79 Å². The molecule has 1 amide bonds. The third kappa shape index (κ3) is 5.37. The number of nitrogens with zero attached hydrogens (tertiary/aromatic N) is 1. The fraction of sp³-hybridized carbons (Fsp3) is 0.304. The molecule has 1 unspecified atom stereocenters. The van der Waals surface area contributed by atoms with Crippen LogP contribution in [-0.2, 0) is 11.3 Å². The Bertz CT molecular complexity index is 1050. The van der Waals surface area contributed by atoms with Crippen molar-refractivity contribution in [2.75, 3.05) is 20.3 Å². The van der Waals surface area contributed by atoms with Crippen molar-refractivity contribution in [3.8, 4) is 22.8 Å². The lowest BCUT2D eigenvalue weighted by Crippen LogP contribution is -2.23. The molecule has 1 N–H and O–H groups in total. The summed E-state index contributed by atoms with van der Waals surface area (Å²) in [4.78, 5) is 12.5. The van der Waals surface area contributed by atoms with Crippen LogP contribution in [0.25, 0.3) is 11.3 Å². The van der Waals surface area contributed by atoms with Crippen molar-refractivity contribution in [2.24, 2.45) is 0 Å². The van der Waals surface area contributed by atoms with Gasteiger partial charge >= 0.3 is 0 Å². The Labute approximate surface area is 185 Å². The lowest BCUT2D eigenvalue weighted by molar-refractivity contribution is 0.0669. The van der Waals surface area contributed by atoms with E-state index in [-0.39, 0.29) is 17.7 Å². The molecule has 0 aliphatic carbocycles. The van der Waals surface area contributed by atoms with Crippen molar-refractivity contribution in [3.05, 3.63) is 64.8 Å². The predicted molar refractivity (Wildman–Crippen MR) is 116 cm³/mol. The highest BCUT2D eigenvalue weighted by Gasteiger charge is 2.18. The largest absolute Gasteiger partial charge is 0.493 e. The molecule has 8 heteroatoms. The summed E-state index contributed by atoms with van der Waals surface area (Å²) in [5.41, 5.74) is 1.81. The highest BCUT2D eigenvalue weighted by atomic mass is 35.5. The Hall–Kier alpha value is -3.03. The third-order valence-electron chi connectivity index (χ3n) is 4.98. The summed E-state index contributed by atoms with van der Waals surface area (Å²) >= 11 is 6.00. The van der Waals surface area contributed by atoms with Crippen LogP contribution < -0.4 is 14.8 Å². The van der Waals surface area contributed by atoms with Crippen LogP contribution >= 0.6 is 11.6 Å². The van der Waals surface area contributed by atoms with Crippen molar-refractivity contribution in [1.82, 2.24) is 10.5 Å². The Morgan fingerprint density at radius 1 is 1.23 bits per heavy atom. The summed E-state index contributed by atoms with van der Waals surface area (Å²) in [6.45, 7) is 1.59. The second-order valence-electron chi connectivity index (χ2n) is 7.20. The second-order valence-corrected chi connectivity index (χ2v) is 7.64. The zero-order valence-electron chi connectivity index (χ0n) is 17.1. The van der Waals surface area contributed by atoms with E-state index in [4.69, 9.17) is 30.3 Å². The van der Waals surface area contributed by atoms with E-state index in [1.165, 1.54) is 0 Å². The molecule has 31 heavy (non-hydrogen) atoms. The van der Waals surface area contributed by atoms with E-state index in [1.807, 2.05) is 30.3 Å². The quantitative estimate of drug-likeness (QED) is 0.553. The number of methoxy groups -OCH3 is 1. The van der Waals surface area contributed by atoms with E-state index < -0.39 is 0 Å². The SMILES string of the molecule is COc1cc(CNC(=O)c2cc(-c3cccc(Cl)c3)on2)ccc1OCC1CCCO1. The van der Waals surface area contributed by atoms with E-state index in [2.05, 4.69) is 10.5 Å². The summed E-state index contributed by atoms with van der Waals surface area (Å²) in [5.74, 6) is 1.39. The van der Waals surface area contributed by atoms with Crippen molar-refractivity contribution in [1.29, 1.82) is 0 Å². The van der Waals surface area contributed by atoms with E-state index >= 15 is 0 Å². The summed E-state index contributed by atoms with van der Waals surface area (Å²) in [7, 11) is 1.59. The molecule has 1 saturated heterocycles. The Kier molecular flexibility index (Phi) is 6.74. The smallest absolute Gasteiger partial charge is 0.273 e. The number of carbonyl (C=O) groups is 1. The average Bonchev–Trinajstić information content (AvgIpc) is 3.48. The molecule has 1 aliphatic heterocycles. The molecule has 2 heterocycles. The number of halogens is 1. The molecular weight excluding hydrogens is 420 g/mol.